The van der Waals surface area contributed by atoms with Gasteiger partial charge in [0.25, 0.3) is 0 Å². The molecule has 3 nitrogen and oxygen atoms in total. The number of hydrogen-bond donors (Lipinski definition) is 1. The molecule has 108 valence electrons. The minimum atomic E-state index is -2.83. The zero-order chi connectivity index (χ0) is 15.2. The molecular weight excluding hydrogens is 298 g/mol. The topological polar surface area (TPSA) is 45.0 Å². The second-order valence-corrected chi connectivity index (χ2v) is 4.61. The zero-order valence-corrected chi connectivity index (χ0v) is 11.6. The Bertz CT molecular complexity index is 654. The first-order valence-electron chi connectivity index (χ1n) is 6.06. The molecule has 0 aliphatic heterocycles. The fraction of sp³-hybridized carbons (Fsp3) is 0.133. The number of rotatable bonds is 5. The van der Waals surface area contributed by atoms with E-state index in [1.165, 1.54) is 12.1 Å². The van der Waals surface area contributed by atoms with Gasteiger partial charge in [0, 0.05) is 11.6 Å². The van der Waals surface area contributed by atoms with Crippen LogP contribution in [0.1, 0.15) is 11.1 Å². The highest BCUT2D eigenvalue weighted by atomic mass is 35.5. The molecule has 0 saturated carbocycles. The number of alkyl halides is 2. The molecule has 0 spiro atoms. The van der Waals surface area contributed by atoms with Gasteiger partial charge in [0.1, 0.15) is 11.8 Å². The summed E-state index contributed by atoms with van der Waals surface area (Å²) < 4.78 is 28.3. The van der Waals surface area contributed by atoms with Gasteiger partial charge < -0.3 is 10.1 Å². The lowest BCUT2D eigenvalue weighted by molar-refractivity contribution is -0.0498. The second kappa shape index (κ2) is 6.91. The van der Waals surface area contributed by atoms with E-state index in [0.717, 1.165) is 5.56 Å². The van der Waals surface area contributed by atoms with Crippen molar-refractivity contribution in [2.45, 2.75) is 13.2 Å². The van der Waals surface area contributed by atoms with Crippen molar-refractivity contribution in [2.75, 3.05) is 5.32 Å². The van der Waals surface area contributed by atoms with Crippen LogP contribution in [0.15, 0.2) is 42.5 Å². The summed E-state index contributed by atoms with van der Waals surface area (Å²) >= 11 is 5.89. The first-order valence-corrected chi connectivity index (χ1v) is 6.43. The van der Waals surface area contributed by atoms with E-state index in [-0.39, 0.29) is 5.75 Å². The largest absolute Gasteiger partial charge is 0.435 e. The molecule has 0 amide bonds. The molecule has 0 aliphatic carbocycles. The summed E-state index contributed by atoms with van der Waals surface area (Å²) in [4.78, 5) is 0. The van der Waals surface area contributed by atoms with E-state index >= 15 is 0 Å². The van der Waals surface area contributed by atoms with Crippen LogP contribution in [-0.2, 0) is 6.54 Å². The molecule has 0 saturated heterocycles. The van der Waals surface area contributed by atoms with E-state index in [9.17, 15) is 8.78 Å². The third kappa shape index (κ3) is 4.33. The van der Waals surface area contributed by atoms with Crippen LogP contribution in [0.2, 0.25) is 5.02 Å². The van der Waals surface area contributed by atoms with Gasteiger partial charge in [0.2, 0.25) is 0 Å². The van der Waals surface area contributed by atoms with Crippen LogP contribution in [0, 0.1) is 11.3 Å². The first-order chi connectivity index (χ1) is 10.1. The summed E-state index contributed by atoms with van der Waals surface area (Å²) in [6.45, 7) is -2.40. The minimum absolute atomic E-state index is 0.106. The average molecular weight is 309 g/mol. The van der Waals surface area contributed by atoms with Crippen molar-refractivity contribution < 1.29 is 13.5 Å². The van der Waals surface area contributed by atoms with E-state index in [0.29, 0.717) is 22.8 Å². The third-order valence-corrected chi connectivity index (χ3v) is 2.97. The molecule has 2 aromatic rings. The molecule has 0 unspecified atom stereocenters. The maximum Gasteiger partial charge on any atom is 0.387 e. The Kier molecular flexibility index (Phi) is 4.96. The summed E-state index contributed by atoms with van der Waals surface area (Å²) in [5.74, 6) is 0.106. The standard InChI is InChI=1S/C15H11ClF2N2O/c16-12-4-3-11(8-19)14(7-12)20-9-10-1-5-13(6-2-10)21-15(17)18/h1-7,15,20H,9H2. The normalized spacial score (nSPS) is 10.2. The summed E-state index contributed by atoms with van der Waals surface area (Å²) in [5, 5.41) is 12.6. The van der Waals surface area contributed by atoms with Crippen LogP contribution in [0.5, 0.6) is 5.75 Å². The van der Waals surface area contributed by atoms with Gasteiger partial charge in [0.05, 0.1) is 11.3 Å². The van der Waals surface area contributed by atoms with Crippen molar-refractivity contribution in [1.82, 2.24) is 0 Å². The van der Waals surface area contributed by atoms with E-state index < -0.39 is 6.61 Å². The van der Waals surface area contributed by atoms with Crippen molar-refractivity contribution >= 4 is 17.3 Å². The van der Waals surface area contributed by atoms with Gasteiger partial charge in [-0.1, -0.05) is 23.7 Å². The van der Waals surface area contributed by atoms with Gasteiger partial charge in [-0.05, 0) is 35.9 Å². The molecule has 2 rings (SSSR count). The van der Waals surface area contributed by atoms with Crippen LogP contribution < -0.4 is 10.1 Å². The highest BCUT2D eigenvalue weighted by molar-refractivity contribution is 6.30. The Morgan fingerprint density at radius 2 is 1.90 bits per heavy atom. The van der Waals surface area contributed by atoms with Crippen molar-refractivity contribution in [2.24, 2.45) is 0 Å². The molecule has 0 aromatic heterocycles. The number of halogens is 3. The molecule has 0 fully saturated rings. The van der Waals surface area contributed by atoms with Crippen molar-refractivity contribution in [1.29, 1.82) is 5.26 Å². The van der Waals surface area contributed by atoms with Crippen LogP contribution >= 0.6 is 11.6 Å². The third-order valence-electron chi connectivity index (χ3n) is 2.73. The van der Waals surface area contributed by atoms with E-state index in [1.807, 2.05) is 0 Å². The number of ether oxygens (including phenoxy) is 1. The lowest BCUT2D eigenvalue weighted by atomic mass is 10.1. The van der Waals surface area contributed by atoms with Crippen LogP contribution in [0.4, 0.5) is 14.5 Å². The number of nitrogens with zero attached hydrogens (tertiary/aromatic N) is 1. The molecule has 21 heavy (non-hydrogen) atoms. The monoisotopic (exact) mass is 308 g/mol. The Morgan fingerprint density at radius 3 is 2.52 bits per heavy atom. The lowest BCUT2D eigenvalue weighted by Gasteiger charge is -2.10. The highest BCUT2D eigenvalue weighted by Crippen LogP contribution is 2.21. The maximum absolute atomic E-state index is 12.0. The summed E-state index contributed by atoms with van der Waals surface area (Å²) in [5.41, 5.74) is 1.97. The van der Waals surface area contributed by atoms with Gasteiger partial charge in [-0.25, -0.2) is 0 Å². The van der Waals surface area contributed by atoms with Gasteiger partial charge in [-0.15, -0.1) is 0 Å². The molecule has 2 aromatic carbocycles. The van der Waals surface area contributed by atoms with Crippen LogP contribution in [0.3, 0.4) is 0 Å². The van der Waals surface area contributed by atoms with Crippen LogP contribution in [-0.4, -0.2) is 6.61 Å². The molecule has 6 heteroatoms. The molecule has 0 heterocycles. The van der Waals surface area contributed by atoms with Crippen molar-refractivity contribution in [3.63, 3.8) is 0 Å². The van der Waals surface area contributed by atoms with Gasteiger partial charge in [-0.3, -0.25) is 0 Å². The maximum atomic E-state index is 12.0. The second-order valence-electron chi connectivity index (χ2n) is 4.18. The Hall–Kier alpha value is -2.32. The van der Waals surface area contributed by atoms with Gasteiger partial charge >= 0.3 is 6.61 Å². The molecule has 0 aliphatic rings. The number of hydrogen-bond acceptors (Lipinski definition) is 3. The number of benzene rings is 2. The first kappa shape index (κ1) is 15.1. The van der Waals surface area contributed by atoms with Crippen molar-refractivity contribution in [3.8, 4) is 11.8 Å². The summed E-state index contributed by atoms with van der Waals surface area (Å²) in [6.07, 6.45) is 0. The van der Waals surface area contributed by atoms with E-state index in [4.69, 9.17) is 16.9 Å². The van der Waals surface area contributed by atoms with E-state index in [2.05, 4.69) is 16.1 Å². The molecule has 0 atom stereocenters. The number of nitrogens with one attached hydrogen (secondary N) is 1. The molecular formula is C15H11ClF2N2O. The SMILES string of the molecule is N#Cc1ccc(Cl)cc1NCc1ccc(OC(F)F)cc1. The lowest BCUT2D eigenvalue weighted by Crippen LogP contribution is -2.03. The highest BCUT2D eigenvalue weighted by Gasteiger charge is 2.05. The number of nitriles is 1. The Balaban J connectivity index is 2.03. The summed E-state index contributed by atoms with van der Waals surface area (Å²) in [7, 11) is 0. The molecule has 0 bridgehead atoms. The smallest absolute Gasteiger partial charge is 0.387 e. The predicted octanol–water partition coefficient (Wildman–Crippen LogP) is 4.43. The Morgan fingerprint density at radius 1 is 1.19 bits per heavy atom. The number of anilines is 1. The fourth-order valence-electron chi connectivity index (χ4n) is 1.75. The van der Waals surface area contributed by atoms with Crippen LogP contribution in [0.25, 0.3) is 0 Å². The quantitative estimate of drug-likeness (QED) is 0.889. The van der Waals surface area contributed by atoms with E-state index in [1.54, 1.807) is 30.3 Å². The van der Waals surface area contributed by atoms with Gasteiger partial charge in [0.15, 0.2) is 0 Å². The summed E-state index contributed by atoms with van der Waals surface area (Å²) in [6, 6.07) is 13.3. The van der Waals surface area contributed by atoms with Crippen molar-refractivity contribution in [3.05, 3.63) is 58.6 Å². The zero-order valence-electron chi connectivity index (χ0n) is 10.8. The fourth-order valence-corrected chi connectivity index (χ4v) is 1.92. The predicted molar refractivity (Wildman–Crippen MR) is 76.6 cm³/mol. The average Bonchev–Trinajstić information content (AvgIpc) is 2.46. The minimum Gasteiger partial charge on any atom is -0.435 e. The molecule has 0 radical (unpaired) electrons. The molecule has 1 N–H and O–H groups in total. The Labute approximate surface area is 125 Å². The van der Waals surface area contributed by atoms with Gasteiger partial charge in [-0.2, -0.15) is 14.0 Å².